The number of hydrogen-bond acceptors (Lipinski definition) is 3. The van der Waals surface area contributed by atoms with Gasteiger partial charge >= 0.3 is 0 Å². The maximum Gasteiger partial charge on any atom is 0.127 e. The van der Waals surface area contributed by atoms with Gasteiger partial charge in [-0.2, -0.15) is 0 Å². The Labute approximate surface area is 126 Å². The molecule has 2 N–H and O–H groups in total. The molecule has 2 aromatic rings. The predicted molar refractivity (Wildman–Crippen MR) is 76.0 cm³/mol. The van der Waals surface area contributed by atoms with E-state index in [4.69, 9.17) is 4.74 Å². The molecule has 1 unspecified atom stereocenters. The Morgan fingerprint density at radius 2 is 1.68 bits per heavy atom. The summed E-state index contributed by atoms with van der Waals surface area (Å²) in [5, 5.41) is 12.6. The van der Waals surface area contributed by atoms with Crippen molar-refractivity contribution in [3.8, 4) is 5.75 Å². The van der Waals surface area contributed by atoms with Crippen LogP contribution >= 0.6 is 0 Å². The molecule has 118 valence electrons. The molecule has 22 heavy (non-hydrogen) atoms. The van der Waals surface area contributed by atoms with Gasteiger partial charge in [0.15, 0.2) is 0 Å². The van der Waals surface area contributed by atoms with Gasteiger partial charge in [0, 0.05) is 18.7 Å². The van der Waals surface area contributed by atoms with E-state index < -0.39 is 17.7 Å². The van der Waals surface area contributed by atoms with Crippen molar-refractivity contribution in [2.75, 3.05) is 13.2 Å². The molecule has 0 aromatic heterocycles. The molecule has 0 fully saturated rings. The number of benzene rings is 2. The maximum absolute atomic E-state index is 13.4. The molecule has 0 bridgehead atoms. The van der Waals surface area contributed by atoms with Crippen molar-refractivity contribution in [3.05, 3.63) is 65.5 Å². The summed E-state index contributed by atoms with van der Waals surface area (Å²) in [6.45, 7) is 0.249. The van der Waals surface area contributed by atoms with Crippen LogP contribution in [0, 0.1) is 17.5 Å². The third-order valence-corrected chi connectivity index (χ3v) is 2.96. The molecule has 0 radical (unpaired) electrons. The zero-order chi connectivity index (χ0) is 15.9. The second-order valence-electron chi connectivity index (χ2n) is 4.79. The van der Waals surface area contributed by atoms with E-state index in [1.807, 2.05) is 0 Å². The Balaban J connectivity index is 1.72. The first-order chi connectivity index (χ1) is 10.5. The molecule has 1 atom stereocenters. The average Bonchev–Trinajstić information content (AvgIpc) is 2.50. The van der Waals surface area contributed by atoms with Crippen molar-refractivity contribution in [2.24, 2.45) is 0 Å². The van der Waals surface area contributed by atoms with E-state index in [2.05, 4.69) is 5.32 Å². The number of rotatable bonds is 7. The highest BCUT2D eigenvalue weighted by Crippen LogP contribution is 2.11. The van der Waals surface area contributed by atoms with Crippen molar-refractivity contribution < 1.29 is 23.0 Å². The molecule has 0 heterocycles. The smallest absolute Gasteiger partial charge is 0.127 e. The van der Waals surface area contributed by atoms with E-state index in [-0.39, 0.29) is 31.1 Å². The molecule has 2 rings (SSSR count). The minimum Gasteiger partial charge on any atom is -0.491 e. The van der Waals surface area contributed by atoms with Gasteiger partial charge in [-0.1, -0.05) is 0 Å². The second-order valence-corrected chi connectivity index (χ2v) is 4.79. The largest absolute Gasteiger partial charge is 0.491 e. The van der Waals surface area contributed by atoms with Crippen LogP contribution in [0.2, 0.25) is 0 Å². The summed E-state index contributed by atoms with van der Waals surface area (Å²) in [5.41, 5.74) is 0.187. The topological polar surface area (TPSA) is 41.5 Å². The minimum atomic E-state index is -0.832. The lowest BCUT2D eigenvalue weighted by molar-refractivity contribution is 0.106. The Morgan fingerprint density at radius 1 is 1.00 bits per heavy atom. The molecule has 0 saturated carbocycles. The zero-order valence-corrected chi connectivity index (χ0v) is 11.7. The fourth-order valence-corrected chi connectivity index (χ4v) is 1.83. The first-order valence-electron chi connectivity index (χ1n) is 6.75. The number of aliphatic hydroxyl groups excluding tert-OH is 1. The summed E-state index contributed by atoms with van der Waals surface area (Å²) in [6, 6.07) is 8.63. The van der Waals surface area contributed by atoms with Crippen LogP contribution in [0.25, 0.3) is 0 Å². The summed E-state index contributed by atoms with van der Waals surface area (Å²) in [5.74, 6) is -0.951. The van der Waals surface area contributed by atoms with Crippen LogP contribution in [0.4, 0.5) is 13.2 Å². The van der Waals surface area contributed by atoms with Crippen LogP contribution in [-0.4, -0.2) is 24.4 Å². The molecular weight excluding hydrogens is 295 g/mol. The number of nitrogens with one attached hydrogen (secondary N) is 1. The van der Waals surface area contributed by atoms with Crippen LogP contribution in [-0.2, 0) is 6.54 Å². The lowest BCUT2D eigenvalue weighted by atomic mass is 10.2. The highest BCUT2D eigenvalue weighted by molar-refractivity contribution is 5.22. The zero-order valence-electron chi connectivity index (χ0n) is 11.7. The van der Waals surface area contributed by atoms with Crippen LogP contribution < -0.4 is 10.1 Å². The second kappa shape index (κ2) is 7.82. The Hall–Kier alpha value is -2.05. The van der Waals surface area contributed by atoms with E-state index in [0.29, 0.717) is 5.75 Å². The van der Waals surface area contributed by atoms with Gasteiger partial charge in [0.25, 0.3) is 0 Å². The molecule has 0 spiro atoms. The minimum absolute atomic E-state index is 0.00423. The number of hydrogen-bond donors (Lipinski definition) is 2. The van der Waals surface area contributed by atoms with E-state index >= 15 is 0 Å². The SMILES string of the molecule is OC(CNCc1cc(F)ccc1F)COc1ccc(F)cc1. The van der Waals surface area contributed by atoms with Gasteiger partial charge < -0.3 is 15.2 Å². The molecule has 6 heteroatoms. The van der Waals surface area contributed by atoms with Crippen LogP contribution in [0.5, 0.6) is 5.75 Å². The summed E-state index contributed by atoms with van der Waals surface area (Å²) >= 11 is 0. The van der Waals surface area contributed by atoms with Gasteiger partial charge in [-0.05, 0) is 42.5 Å². The quantitative estimate of drug-likeness (QED) is 0.826. The predicted octanol–water partition coefficient (Wildman–Crippen LogP) is 2.63. The Morgan fingerprint density at radius 3 is 2.41 bits per heavy atom. The molecule has 0 aliphatic heterocycles. The lowest BCUT2D eigenvalue weighted by Gasteiger charge is -2.13. The van der Waals surface area contributed by atoms with E-state index in [9.17, 15) is 18.3 Å². The Bertz CT molecular complexity index is 605. The van der Waals surface area contributed by atoms with Crippen molar-refractivity contribution in [3.63, 3.8) is 0 Å². The first kappa shape index (κ1) is 16.3. The molecule has 0 amide bonds. The van der Waals surface area contributed by atoms with Crippen LogP contribution in [0.1, 0.15) is 5.56 Å². The fraction of sp³-hybridized carbons (Fsp3) is 0.250. The standard InChI is InChI=1S/C16H16F3NO2/c17-12-1-4-15(5-2-12)22-10-14(21)9-20-8-11-7-13(18)3-6-16(11)19/h1-7,14,20-21H,8-10H2. The Kier molecular flexibility index (Phi) is 5.80. The fourth-order valence-electron chi connectivity index (χ4n) is 1.83. The van der Waals surface area contributed by atoms with Gasteiger partial charge in [-0.3, -0.25) is 0 Å². The number of halogens is 3. The molecule has 0 aliphatic rings. The number of aliphatic hydroxyl groups is 1. The molecule has 3 nitrogen and oxygen atoms in total. The van der Waals surface area contributed by atoms with E-state index in [1.165, 1.54) is 24.3 Å². The molecular formula is C16H16F3NO2. The van der Waals surface area contributed by atoms with Crippen LogP contribution in [0.3, 0.4) is 0 Å². The van der Waals surface area contributed by atoms with Gasteiger partial charge in [0.2, 0.25) is 0 Å². The van der Waals surface area contributed by atoms with Gasteiger partial charge in [-0.15, -0.1) is 0 Å². The van der Waals surface area contributed by atoms with Crippen molar-refractivity contribution in [2.45, 2.75) is 12.6 Å². The van der Waals surface area contributed by atoms with Gasteiger partial charge in [0.1, 0.15) is 35.9 Å². The summed E-state index contributed by atoms with van der Waals surface area (Å²) in [7, 11) is 0. The van der Waals surface area contributed by atoms with E-state index in [1.54, 1.807) is 0 Å². The highest BCUT2D eigenvalue weighted by Gasteiger charge is 2.07. The van der Waals surface area contributed by atoms with E-state index in [0.717, 1.165) is 18.2 Å². The van der Waals surface area contributed by atoms with Crippen molar-refractivity contribution in [1.82, 2.24) is 5.32 Å². The highest BCUT2D eigenvalue weighted by atomic mass is 19.1. The summed E-state index contributed by atoms with van der Waals surface area (Å²) < 4.78 is 44.3. The monoisotopic (exact) mass is 311 g/mol. The number of ether oxygens (including phenoxy) is 1. The molecule has 0 aliphatic carbocycles. The summed E-state index contributed by atoms with van der Waals surface area (Å²) in [6.07, 6.45) is -0.832. The average molecular weight is 311 g/mol. The lowest BCUT2D eigenvalue weighted by Crippen LogP contribution is -2.31. The maximum atomic E-state index is 13.4. The molecule has 0 saturated heterocycles. The van der Waals surface area contributed by atoms with Gasteiger partial charge in [0.05, 0.1) is 0 Å². The normalized spacial score (nSPS) is 12.2. The first-order valence-corrected chi connectivity index (χ1v) is 6.75. The third-order valence-electron chi connectivity index (χ3n) is 2.96. The third kappa shape index (κ3) is 5.05. The van der Waals surface area contributed by atoms with Crippen LogP contribution in [0.15, 0.2) is 42.5 Å². The van der Waals surface area contributed by atoms with Crippen molar-refractivity contribution in [1.29, 1.82) is 0 Å². The van der Waals surface area contributed by atoms with Crippen molar-refractivity contribution >= 4 is 0 Å². The summed E-state index contributed by atoms with van der Waals surface area (Å²) in [4.78, 5) is 0. The molecule has 2 aromatic carbocycles. The van der Waals surface area contributed by atoms with Gasteiger partial charge in [-0.25, -0.2) is 13.2 Å².